The number of sulfonamides is 1. The van der Waals surface area contributed by atoms with Crippen LogP contribution in [0.1, 0.15) is 23.2 Å². The smallest absolute Gasteiger partial charge is 0.255 e. The number of carbonyl (C=O) groups is 1. The van der Waals surface area contributed by atoms with Crippen molar-refractivity contribution in [2.24, 2.45) is 0 Å². The van der Waals surface area contributed by atoms with E-state index >= 15 is 0 Å². The summed E-state index contributed by atoms with van der Waals surface area (Å²) in [6.07, 6.45) is 3.41. The monoisotopic (exact) mass is 382 g/mol. The van der Waals surface area contributed by atoms with Crippen LogP contribution in [-0.4, -0.2) is 30.6 Å². The first-order chi connectivity index (χ1) is 13.0. The Morgan fingerprint density at radius 2 is 1.85 bits per heavy atom. The summed E-state index contributed by atoms with van der Waals surface area (Å²) in [7, 11) is -3.52. The van der Waals surface area contributed by atoms with Crippen LogP contribution in [0, 0.1) is 0 Å². The van der Waals surface area contributed by atoms with Gasteiger partial charge in [0, 0.05) is 29.1 Å². The number of aromatic nitrogens is 2. The highest BCUT2D eigenvalue weighted by Crippen LogP contribution is 2.23. The number of amides is 1. The van der Waals surface area contributed by atoms with Gasteiger partial charge in [-0.1, -0.05) is 12.1 Å². The Morgan fingerprint density at radius 1 is 1.07 bits per heavy atom. The van der Waals surface area contributed by atoms with Crippen LogP contribution in [0.25, 0.3) is 11.3 Å². The topological polar surface area (TPSA) is 104 Å². The molecule has 0 unspecified atom stereocenters. The van der Waals surface area contributed by atoms with Crippen molar-refractivity contribution in [3.8, 4) is 11.3 Å². The second-order valence-corrected chi connectivity index (χ2v) is 8.14. The van der Waals surface area contributed by atoms with Crippen LogP contribution in [-0.2, 0) is 10.0 Å². The number of nitrogens with zero attached hydrogens (tertiary/aromatic N) is 1. The Kier molecular flexibility index (Phi) is 4.51. The maximum absolute atomic E-state index is 12.5. The Labute approximate surface area is 156 Å². The molecular formula is C19H18N4O3S. The third-order valence-electron chi connectivity index (χ3n) is 4.26. The molecule has 27 heavy (non-hydrogen) atoms. The van der Waals surface area contributed by atoms with E-state index < -0.39 is 10.0 Å². The molecule has 7 nitrogen and oxygen atoms in total. The lowest BCUT2D eigenvalue weighted by Crippen LogP contribution is -2.25. The summed E-state index contributed by atoms with van der Waals surface area (Å²) in [5.74, 6) is -0.309. The minimum Gasteiger partial charge on any atom is -0.322 e. The van der Waals surface area contributed by atoms with E-state index in [1.54, 1.807) is 12.3 Å². The number of hydrogen-bond donors (Lipinski definition) is 3. The van der Waals surface area contributed by atoms with Gasteiger partial charge in [0.25, 0.3) is 5.91 Å². The predicted molar refractivity (Wildman–Crippen MR) is 102 cm³/mol. The summed E-state index contributed by atoms with van der Waals surface area (Å²) < 4.78 is 27.0. The molecule has 0 spiro atoms. The van der Waals surface area contributed by atoms with E-state index in [1.807, 2.05) is 24.3 Å². The van der Waals surface area contributed by atoms with E-state index in [2.05, 4.69) is 20.2 Å². The third kappa shape index (κ3) is 4.07. The molecule has 1 aromatic heterocycles. The van der Waals surface area contributed by atoms with Crippen molar-refractivity contribution in [2.75, 3.05) is 5.32 Å². The van der Waals surface area contributed by atoms with E-state index in [4.69, 9.17) is 0 Å². The van der Waals surface area contributed by atoms with Crippen molar-refractivity contribution in [1.82, 2.24) is 14.9 Å². The molecule has 1 amide bonds. The first-order valence-electron chi connectivity index (χ1n) is 8.55. The molecule has 138 valence electrons. The average Bonchev–Trinajstić information content (AvgIpc) is 3.29. The number of nitrogens with one attached hydrogen (secondary N) is 3. The lowest BCUT2D eigenvalue weighted by Gasteiger charge is -2.08. The van der Waals surface area contributed by atoms with Crippen LogP contribution in [0.2, 0.25) is 0 Å². The summed E-state index contributed by atoms with van der Waals surface area (Å²) in [5, 5.41) is 9.62. The van der Waals surface area contributed by atoms with Gasteiger partial charge in [0.05, 0.1) is 10.6 Å². The molecule has 8 heteroatoms. The zero-order valence-corrected chi connectivity index (χ0v) is 15.2. The molecule has 1 saturated carbocycles. The molecule has 3 aromatic rings. The molecule has 1 heterocycles. The van der Waals surface area contributed by atoms with Gasteiger partial charge in [-0.3, -0.25) is 9.89 Å². The van der Waals surface area contributed by atoms with Gasteiger partial charge >= 0.3 is 0 Å². The maximum Gasteiger partial charge on any atom is 0.255 e. The molecular weight excluding hydrogens is 364 g/mol. The molecule has 0 saturated heterocycles. The van der Waals surface area contributed by atoms with Crippen molar-refractivity contribution in [2.45, 2.75) is 23.8 Å². The highest BCUT2D eigenvalue weighted by atomic mass is 32.2. The van der Waals surface area contributed by atoms with Crippen molar-refractivity contribution in [3.63, 3.8) is 0 Å². The standard InChI is InChI=1S/C19H18N4O3S/c24-19(21-16-3-1-2-14(12-16)18-10-11-20-22-18)13-4-8-17(9-5-13)27(25,26)23-15-6-7-15/h1-5,8-12,15,23H,6-7H2,(H,20,22)(H,21,24). The summed E-state index contributed by atoms with van der Waals surface area (Å²) in [5.41, 5.74) is 2.77. The van der Waals surface area contributed by atoms with Crippen LogP contribution >= 0.6 is 0 Å². The van der Waals surface area contributed by atoms with Gasteiger partial charge in [-0.15, -0.1) is 0 Å². The summed E-state index contributed by atoms with van der Waals surface area (Å²) in [6.45, 7) is 0. The first kappa shape index (κ1) is 17.4. The highest BCUT2D eigenvalue weighted by Gasteiger charge is 2.27. The van der Waals surface area contributed by atoms with Crippen molar-refractivity contribution in [3.05, 3.63) is 66.4 Å². The van der Waals surface area contributed by atoms with Crippen LogP contribution in [0.3, 0.4) is 0 Å². The van der Waals surface area contributed by atoms with Crippen molar-refractivity contribution >= 4 is 21.6 Å². The van der Waals surface area contributed by atoms with Gasteiger partial charge in [-0.2, -0.15) is 5.10 Å². The van der Waals surface area contributed by atoms with Gasteiger partial charge < -0.3 is 5.32 Å². The van der Waals surface area contributed by atoms with Crippen LogP contribution in [0.5, 0.6) is 0 Å². The van der Waals surface area contributed by atoms with Crippen LogP contribution in [0.4, 0.5) is 5.69 Å². The Balaban J connectivity index is 1.48. The molecule has 0 atom stereocenters. The molecule has 0 radical (unpaired) electrons. The van der Waals surface area contributed by atoms with Gasteiger partial charge in [0.1, 0.15) is 0 Å². The molecule has 1 aliphatic carbocycles. The first-order valence-corrected chi connectivity index (χ1v) is 10.0. The van der Waals surface area contributed by atoms with E-state index in [9.17, 15) is 13.2 Å². The second kappa shape index (κ2) is 6.98. The fourth-order valence-electron chi connectivity index (χ4n) is 2.66. The number of H-pyrrole nitrogens is 1. The minimum absolute atomic E-state index is 0.0418. The Hall–Kier alpha value is -2.97. The fraction of sp³-hybridized carbons (Fsp3) is 0.158. The normalized spacial score (nSPS) is 14.1. The minimum atomic E-state index is -3.52. The number of hydrogen-bond acceptors (Lipinski definition) is 4. The van der Waals surface area contributed by atoms with Crippen LogP contribution in [0.15, 0.2) is 65.7 Å². The van der Waals surface area contributed by atoms with E-state index in [0.29, 0.717) is 11.3 Å². The molecule has 3 N–H and O–H groups in total. The number of benzene rings is 2. The number of aromatic amines is 1. The Bertz CT molecular complexity index is 1060. The highest BCUT2D eigenvalue weighted by molar-refractivity contribution is 7.89. The Morgan fingerprint density at radius 3 is 2.52 bits per heavy atom. The third-order valence-corrected chi connectivity index (χ3v) is 5.79. The summed E-state index contributed by atoms with van der Waals surface area (Å²) in [4.78, 5) is 12.6. The van der Waals surface area contributed by atoms with Gasteiger partial charge in [0.2, 0.25) is 10.0 Å². The molecule has 1 fully saturated rings. The number of rotatable bonds is 6. The quantitative estimate of drug-likeness (QED) is 0.610. The molecule has 2 aromatic carbocycles. The van der Waals surface area contributed by atoms with Gasteiger partial charge in [0.15, 0.2) is 0 Å². The van der Waals surface area contributed by atoms with E-state index in [1.165, 1.54) is 24.3 Å². The summed E-state index contributed by atoms with van der Waals surface area (Å²) in [6, 6.07) is 15.2. The van der Waals surface area contributed by atoms with E-state index in [0.717, 1.165) is 24.1 Å². The molecule has 1 aliphatic rings. The second-order valence-electron chi connectivity index (χ2n) is 6.43. The zero-order chi connectivity index (χ0) is 18.9. The number of anilines is 1. The SMILES string of the molecule is O=C(Nc1cccc(-c2ccn[nH]2)c1)c1ccc(S(=O)(=O)NC2CC2)cc1. The van der Waals surface area contributed by atoms with Crippen molar-refractivity contribution in [1.29, 1.82) is 0 Å². The maximum atomic E-state index is 12.5. The lowest BCUT2D eigenvalue weighted by atomic mass is 10.1. The van der Waals surface area contributed by atoms with Gasteiger partial charge in [-0.05, 0) is 55.3 Å². The van der Waals surface area contributed by atoms with Crippen molar-refractivity contribution < 1.29 is 13.2 Å². The molecule has 0 aliphatic heterocycles. The molecule has 4 rings (SSSR count). The average molecular weight is 382 g/mol. The summed E-state index contributed by atoms with van der Waals surface area (Å²) >= 11 is 0. The fourth-order valence-corrected chi connectivity index (χ4v) is 3.96. The molecule has 0 bridgehead atoms. The van der Waals surface area contributed by atoms with E-state index in [-0.39, 0.29) is 16.8 Å². The lowest BCUT2D eigenvalue weighted by molar-refractivity contribution is 0.102. The predicted octanol–water partition coefficient (Wildman–Crippen LogP) is 2.77. The van der Waals surface area contributed by atoms with Crippen LogP contribution < -0.4 is 10.0 Å². The van der Waals surface area contributed by atoms with Gasteiger partial charge in [-0.25, -0.2) is 13.1 Å². The largest absolute Gasteiger partial charge is 0.322 e. The number of carbonyl (C=O) groups excluding carboxylic acids is 1. The zero-order valence-electron chi connectivity index (χ0n) is 14.3.